The van der Waals surface area contributed by atoms with Gasteiger partial charge in [-0.2, -0.15) is 5.10 Å². The number of aromatic nitrogens is 1. The van der Waals surface area contributed by atoms with Crippen molar-refractivity contribution in [3.8, 4) is 5.75 Å². The first-order valence-electron chi connectivity index (χ1n) is 7.94. The Morgan fingerprint density at radius 1 is 1.15 bits per heavy atom. The number of H-pyrrole nitrogens is 1. The highest BCUT2D eigenvalue weighted by molar-refractivity contribution is 7.13. The number of aromatic amines is 1. The lowest BCUT2D eigenvalue weighted by atomic mass is 9.98. The summed E-state index contributed by atoms with van der Waals surface area (Å²) in [7, 11) is 0. The van der Waals surface area contributed by atoms with Crippen molar-refractivity contribution < 1.29 is 5.11 Å². The number of nitroso groups, excluding NO2 is 1. The van der Waals surface area contributed by atoms with Crippen molar-refractivity contribution >= 4 is 27.9 Å². The van der Waals surface area contributed by atoms with Gasteiger partial charge in [0.25, 0.3) is 0 Å². The fraction of sp³-hybridized carbons (Fsp3) is 0.111. The van der Waals surface area contributed by atoms with Gasteiger partial charge in [0.1, 0.15) is 5.75 Å². The van der Waals surface area contributed by atoms with Gasteiger partial charge in [-0.3, -0.25) is 9.78 Å². The van der Waals surface area contributed by atoms with E-state index < -0.39 is 0 Å². The quantitative estimate of drug-likeness (QED) is 0.684. The Morgan fingerprint density at radius 3 is 2.62 bits per heavy atom. The molecule has 7 nitrogen and oxygen atoms in total. The first-order chi connectivity index (χ1) is 12.7. The summed E-state index contributed by atoms with van der Waals surface area (Å²) in [6.45, 7) is 0. The molecule has 130 valence electrons. The smallest absolute Gasteiger partial charge is 0.308 e. The van der Waals surface area contributed by atoms with Crippen molar-refractivity contribution in [1.29, 1.82) is 0 Å². The fourth-order valence-electron chi connectivity index (χ4n) is 3.06. The maximum atomic E-state index is 11.7. The molecule has 1 aliphatic heterocycles. The molecule has 2 aromatic carbocycles. The van der Waals surface area contributed by atoms with Crippen LogP contribution in [0.3, 0.4) is 0 Å². The summed E-state index contributed by atoms with van der Waals surface area (Å²) in [5.41, 5.74) is 2.39. The third kappa shape index (κ3) is 2.80. The summed E-state index contributed by atoms with van der Waals surface area (Å²) < 4.78 is 0. The first-order valence-corrected chi connectivity index (χ1v) is 8.75. The topological polar surface area (TPSA) is 98.1 Å². The molecule has 0 saturated heterocycles. The number of hydrogen-bond donors (Lipinski definition) is 2. The van der Waals surface area contributed by atoms with Gasteiger partial charge in [-0.1, -0.05) is 48.5 Å². The van der Waals surface area contributed by atoms with Crippen molar-refractivity contribution in [2.75, 3.05) is 5.01 Å². The van der Waals surface area contributed by atoms with E-state index in [0.717, 1.165) is 22.6 Å². The van der Waals surface area contributed by atoms with Gasteiger partial charge in [-0.25, -0.2) is 5.01 Å². The molecule has 8 heteroatoms. The molecule has 1 aliphatic rings. The van der Waals surface area contributed by atoms with Crippen molar-refractivity contribution in [3.05, 3.63) is 80.3 Å². The second-order valence-corrected chi connectivity index (χ2v) is 6.76. The van der Waals surface area contributed by atoms with Crippen LogP contribution >= 0.6 is 11.3 Å². The summed E-state index contributed by atoms with van der Waals surface area (Å²) in [5, 5.41) is 19.5. The Labute approximate surface area is 152 Å². The van der Waals surface area contributed by atoms with Crippen LogP contribution in [-0.2, 0) is 0 Å². The molecule has 3 aromatic rings. The number of rotatable bonds is 4. The highest BCUT2D eigenvalue weighted by Crippen LogP contribution is 2.42. The average molecular weight is 366 g/mol. The van der Waals surface area contributed by atoms with Gasteiger partial charge in [0, 0.05) is 12.0 Å². The van der Waals surface area contributed by atoms with Crippen LogP contribution in [0, 0.1) is 4.91 Å². The number of para-hydroxylation sites is 1. The lowest BCUT2D eigenvalue weighted by Gasteiger charge is -2.22. The van der Waals surface area contributed by atoms with E-state index in [1.54, 1.807) is 23.2 Å². The molecule has 4 rings (SSSR count). The van der Waals surface area contributed by atoms with E-state index in [4.69, 9.17) is 0 Å². The molecule has 0 spiro atoms. The van der Waals surface area contributed by atoms with E-state index in [-0.39, 0.29) is 27.5 Å². The minimum absolute atomic E-state index is 0.0356. The van der Waals surface area contributed by atoms with Gasteiger partial charge in [0.2, 0.25) is 5.00 Å². The Hall–Kier alpha value is -3.26. The Bertz CT molecular complexity index is 1040. The molecule has 26 heavy (non-hydrogen) atoms. The Morgan fingerprint density at radius 2 is 1.88 bits per heavy atom. The highest BCUT2D eigenvalue weighted by atomic mass is 32.1. The van der Waals surface area contributed by atoms with Gasteiger partial charge in [0.15, 0.2) is 5.82 Å². The minimum atomic E-state index is -0.381. The van der Waals surface area contributed by atoms with Gasteiger partial charge >= 0.3 is 4.87 Å². The number of nitrogens with zero attached hydrogens (tertiary/aromatic N) is 3. The van der Waals surface area contributed by atoms with E-state index in [2.05, 4.69) is 15.3 Å². The van der Waals surface area contributed by atoms with Gasteiger partial charge < -0.3 is 5.11 Å². The zero-order chi connectivity index (χ0) is 18.1. The summed E-state index contributed by atoms with van der Waals surface area (Å²) in [4.78, 5) is 25.1. The summed E-state index contributed by atoms with van der Waals surface area (Å²) >= 11 is 0.736. The molecule has 0 amide bonds. The monoisotopic (exact) mass is 366 g/mol. The molecule has 1 aromatic heterocycles. The zero-order valence-corrected chi connectivity index (χ0v) is 14.3. The molecule has 0 fully saturated rings. The lowest BCUT2D eigenvalue weighted by Crippen LogP contribution is -2.19. The second-order valence-electron chi connectivity index (χ2n) is 5.80. The second kappa shape index (κ2) is 6.57. The molecule has 0 bridgehead atoms. The van der Waals surface area contributed by atoms with Gasteiger partial charge in [-0.05, 0) is 28.1 Å². The highest BCUT2D eigenvalue weighted by Gasteiger charge is 2.34. The number of benzene rings is 2. The Balaban J connectivity index is 1.84. The fourth-order valence-corrected chi connectivity index (χ4v) is 3.66. The van der Waals surface area contributed by atoms with Crippen molar-refractivity contribution in [2.45, 2.75) is 12.5 Å². The van der Waals surface area contributed by atoms with Gasteiger partial charge in [-0.15, -0.1) is 4.91 Å². The molecule has 0 saturated carbocycles. The largest absolute Gasteiger partial charge is 0.508 e. The summed E-state index contributed by atoms with van der Waals surface area (Å²) in [6.07, 6.45) is 0.512. The van der Waals surface area contributed by atoms with Crippen LogP contribution in [-0.4, -0.2) is 15.8 Å². The number of hydrogen-bond acceptors (Lipinski definition) is 7. The van der Waals surface area contributed by atoms with Crippen LogP contribution < -0.4 is 9.88 Å². The number of thiazole rings is 1. The number of phenolic OH excluding ortho intramolecular Hbond substituents is 1. The standard InChI is InChI=1S/C18H14N4O3S/c23-15-9-5-4-8-12(15)14-10-13(11-6-2-1-3-7-11)20-22(14)16-17(21-25)26-18(24)19-16/h1-9,14,23H,10H2,(H,19,24)/t14-/m0/s1. The SMILES string of the molecule is O=Nc1sc(=O)[nH]c1N1N=C(c2ccccc2)C[C@H]1c1ccccc1O. The third-order valence-electron chi connectivity index (χ3n) is 4.24. The molecule has 2 heterocycles. The number of anilines is 1. The number of phenols is 1. The van der Waals surface area contributed by atoms with Gasteiger partial charge in [0.05, 0.1) is 11.8 Å². The van der Waals surface area contributed by atoms with Crippen LogP contribution in [0.4, 0.5) is 10.8 Å². The van der Waals surface area contributed by atoms with Crippen LogP contribution in [0.15, 0.2) is 69.7 Å². The summed E-state index contributed by atoms with van der Waals surface area (Å²) in [6, 6.07) is 16.2. The predicted octanol–water partition coefficient (Wildman–Crippen LogP) is 3.90. The van der Waals surface area contributed by atoms with E-state index in [1.165, 1.54) is 0 Å². The third-order valence-corrected chi connectivity index (χ3v) is 4.99. The Kier molecular flexibility index (Phi) is 4.10. The average Bonchev–Trinajstić information content (AvgIpc) is 3.26. The maximum Gasteiger partial charge on any atom is 0.308 e. The molecule has 1 atom stereocenters. The number of hydrazone groups is 1. The van der Waals surface area contributed by atoms with Crippen molar-refractivity contribution in [1.82, 2.24) is 4.98 Å². The summed E-state index contributed by atoms with van der Waals surface area (Å²) in [5.74, 6) is 0.374. The predicted molar refractivity (Wildman–Crippen MR) is 101 cm³/mol. The van der Waals surface area contributed by atoms with E-state index >= 15 is 0 Å². The maximum absolute atomic E-state index is 11.7. The lowest BCUT2D eigenvalue weighted by molar-refractivity contribution is 0.461. The molecular formula is C18H14N4O3S. The molecule has 0 radical (unpaired) electrons. The van der Waals surface area contributed by atoms with Crippen molar-refractivity contribution in [3.63, 3.8) is 0 Å². The van der Waals surface area contributed by atoms with Crippen LogP contribution in [0.1, 0.15) is 23.6 Å². The molecule has 2 N–H and O–H groups in total. The van der Waals surface area contributed by atoms with Crippen LogP contribution in [0.25, 0.3) is 0 Å². The first kappa shape index (κ1) is 16.2. The van der Waals surface area contributed by atoms with E-state index in [1.807, 2.05) is 36.4 Å². The van der Waals surface area contributed by atoms with E-state index in [0.29, 0.717) is 12.0 Å². The van der Waals surface area contributed by atoms with Crippen LogP contribution in [0.2, 0.25) is 0 Å². The normalized spacial score (nSPS) is 16.5. The number of aromatic hydroxyl groups is 1. The zero-order valence-electron chi connectivity index (χ0n) is 13.5. The van der Waals surface area contributed by atoms with Crippen LogP contribution in [0.5, 0.6) is 5.75 Å². The van der Waals surface area contributed by atoms with Crippen molar-refractivity contribution in [2.24, 2.45) is 10.3 Å². The number of nitrogens with one attached hydrogen (secondary N) is 1. The minimum Gasteiger partial charge on any atom is -0.508 e. The molecule has 0 aliphatic carbocycles. The molecule has 0 unspecified atom stereocenters. The van der Waals surface area contributed by atoms with E-state index in [9.17, 15) is 14.8 Å². The molecular weight excluding hydrogens is 352 g/mol.